The van der Waals surface area contributed by atoms with Crippen molar-refractivity contribution in [2.75, 3.05) is 0 Å². The van der Waals surface area contributed by atoms with Crippen LogP contribution in [0, 0.1) is 11.8 Å². The van der Waals surface area contributed by atoms with Gasteiger partial charge >= 0.3 is 0 Å². The fourth-order valence-corrected chi connectivity index (χ4v) is 1.84. The first-order chi connectivity index (χ1) is 5.25. The van der Waals surface area contributed by atoms with Crippen LogP contribution in [0.25, 0.3) is 0 Å². The van der Waals surface area contributed by atoms with Crippen molar-refractivity contribution in [1.29, 1.82) is 0 Å². The maximum Gasteiger partial charge on any atom is 0.123 e. The van der Waals surface area contributed by atoms with Crippen molar-refractivity contribution in [3.05, 3.63) is 12.2 Å². The molecular weight excluding hydrogens is 136 g/mol. The summed E-state index contributed by atoms with van der Waals surface area (Å²) < 4.78 is 0. The molecule has 0 heterocycles. The summed E-state index contributed by atoms with van der Waals surface area (Å²) in [7, 11) is 0. The highest BCUT2D eigenvalue weighted by atomic mass is 16.1. The molecule has 0 amide bonds. The van der Waals surface area contributed by atoms with Gasteiger partial charge in [0.05, 0.1) is 0 Å². The average Bonchev–Trinajstić information content (AvgIpc) is 2.04. The second-order valence-corrected chi connectivity index (χ2v) is 3.51. The van der Waals surface area contributed by atoms with Crippen LogP contribution < -0.4 is 0 Å². The molecule has 1 nitrogen and oxygen atoms in total. The smallest absolute Gasteiger partial charge is 0.123 e. The van der Waals surface area contributed by atoms with Gasteiger partial charge in [0.25, 0.3) is 0 Å². The summed E-state index contributed by atoms with van der Waals surface area (Å²) in [4.78, 5) is 10.5. The molecule has 1 aliphatic carbocycles. The van der Waals surface area contributed by atoms with Crippen LogP contribution in [0.2, 0.25) is 0 Å². The first-order valence-electron chi connectivity index (χ1n) is 4.38. The largest absolute Gasteiger partial charge is 0.303 e. The van der Waals surface area contributed by atoms with Crippen molar-refractivity contribution < 1.29 is 4.79 Å². The Morgan fingerprint density at radius 3 is 2.91 bits per heavy atom. The van der Waals surface area contributed by atoms with E-state index in [2.05, 4.69) is 6.58 Å². The number of aldehydes is 1. The van der Waals surface area contributed by atoms with Gasteiger partial charge in [0.1, 0.15) is 6.29 Å². The zero-order valence-electron chi connectivity index (χ0n) is 7.18. The van der Waals surface area contributed by atoms with Crippen LogP contribution >= 0.6 is 0 Å². The third kappa shape index (κ3) is 1.92. The quantitative estimate of drug-likeness (QED) is 0.439. The number of allylic oxidation sites excluding steroid dienone is 1. The third-order valence-electron chi connectivity index (χ3n) is 2.64. The molecule has 0 radical (unpaired) electrons. The molecule has 0 aromatic carbocycles. The minimum atomic E-state index is 0.183. The van der Waals surface area contributed by atoms with Gasteiger partial charge in [-0.2, -0.15) is 0 Å². The molecule has 0 aromatic heterocycles. The molecule has 1 aliphatic rings. The summed E-state index contributed by atoms with van der Waals surface area (Å²) in [6.45, 7) is 6.00. The summed E-state index contributed by atoms with van der Waals surface area (Å²) in [5.41, 5.74) is 1.29. The van der Waals surface area contributed by atoms with Gasteiger partial charge in [-0.05, 0) is 25.2 Å². The van der Waals surface area contributed by atoms with Crippen LogP contribution in [-0.4, -0.2) is 6.29 Å². The Balaban J connectivity index is 2.53. The molecule has 0 aliphatic heterocycles. The van der Waals surface area contributed by atoms with E-state index in [1.807, 2.05) is 6.92 Å². The molecule has 1 fully saturated rings. The number of carbonyl (C=O) groups excluding carboxylic acids is 1. The zero-order chi connectivity index (χ0) is 8.27. The van der Waals surface area contributed by atoms with E-state index < -0.39 is 0 Å². The molecule has 0 N–H and O–H groups in total. The second kappa shape index (κ2) is 3.70. The minimum Gasteiger partial charge on any atom is -0.303 e. The van der Waals surface area contributed by atoms with Gasteiger partial charge in [0, 0.05) is 5.92 Å². The average molecular weight is 152 g/mol. The molecule has 0 saturated heterocycles. The van der Waals surface area contributed by atoms with E-state index in [1.54, 1.807) is 0 Å². The minimum absolute atomic E-state index is 0.183. The van der Waals surface area contributed by atoms with Crippen LogP contribution in [-0.2, 0) is 4.79 Å². The number of hydrogen-bond donors (Lipinski definition) is 0. The summed E-state index contributed by atoms with van der Waals surface area (Å²) in [6, 6.07) is 0. The monoisotopic (exact) mass is 152 g/mol. The predicted molar refractivity (Wildman–Crippen MR) is 46.3 cm³/mol. The lowest BCUT2D eigenvalue weighted by Gasteiger charge is -2.26. The van der Waals surface area contributed by atoms with Crippen LogP contribution in [0.1, 0.15) is 32.6 Å². The Morgan fingerprint density at radius 1 is 1.64 bits per heavy atom. The lowest BCUT2D eigenvalue weighted by molar-refractivity contribution is -0.111. The Kier molecular flexibility index (Phi) is 2.86. The van der Waals surface area contributed by atoms with Crippen LogP contribution in [0.5, 0.6) is 0 Å². The van der Waals surface area contributed by atoms with Crippen molar-refractivity contribution in [2.24, 2.45) is 11.8 Å². The van der Waals surface area contributed by atoms with Crippen molar-refractivity contribution in [2.45, 2.75) is 32.6 Å². The van der Waals surface area contributed by atoms with Crippen molar-refractivity contribution in [3.63, 3.8) is 0 Å². The molecule has 1 rings (SSSR count). The maximum absolute atomic E-state index is 10.5. The van der Waals surface area contributed by atoms with E-state index in [-0.39, 0.29) is 5.92 Å². The maximum atomic E-state index is 10.5. The first-order valence-corrected chi connectivity index (χ1v) is 4.38. The van der Waals surface area contributed by atoms with Gasteiger partial charge < -0.3 is 4.79 Å². The number of rotatable bonds is 2. The fraction of sp³-hybridized carbons (Fsp3) is 0.700. The van der Waals surface area contributed by atoms with Gasteiger partial charge in [-0.25, -0.2) is 0 Å². The molecule has 62 valence electrons. The Bertz CT molecular complexity index is 160. The van der Waals surface area contributed by atoms with Crippen molar-refractivity contribution in [1.82, 2.24) is 0 Å². The number of hydrogen-bond acceptors (Lipinski definition) is 1. The van der Waals surface area contributed by atoms with Crippen molar-refractivity contribution in [3.8, 4) is 0 Å². The van der Waals surface area contributed by atoms with Crippen molar-refractivity contribution >= 4 is 6.29 Å². The molecular formula is C10H16O. The number of carbonyl (C=O) groups is 1. The predicted octanol–water partition coefficient (Wildman–Crippen LogP) is 2.57. The van der Waals surface area contributed by atoms with Gasteiger partial charge in [-0.15, -0.1) is 0 Å². The summed E-state index contributed by atoms with van der Waals surface area (Å²) in [5.74, 6) is 0.657. The van der Waals surface area contributed by atoms with Crippen LogP contribution in [0.3, 0.4) is 0 Å². The van der Waals surface area contributed by atoms with E-state index in [9.17, 15) is 4.79 Å². The topological polar surface area (TPSA) is 17.1 Å². The lowest BCUT2D eigenvalue weighted by atomic mass is 9.78. The molecule has 1 saturated carbocycles. The second-order valence-electron chi connectivity index (χ2n) is 3.51. The van der Waals surface area contributed by atoms with Gasteiger partial charge in [0.2, 0.25) is 0 Å². The Morgan fingerprint density at radius 2 is 2.36 bits per heavy atom. The lowest BCUT2D eigenvalue weighted by Crippen LogP contribution is -2.18. The normalized spacial score (nSPS) is 28.1. The summed E-state index contributed by atoms with van der Waals surface area (Å²) >= 11 is 0. The van der Waals surface area contributed by atoms with E-state index in [1.165, 1.54) is 24.8 Å². The van der Waals surface area contributed by atoms with Crippen LogP contribution in [0.4, 0.5) is 0 Å². The van der Waals surface area contributed by atoms with Crippen LogP contribution in [0.15, 0.2) is 12.2 Å². The van der Waals surface area contributed by atoms with E-state index in [0.29, 0.717) is 5.92 Å². The Labute approximate surface area is 68.5 Å². The van der Waals surface area contributed by atoms with E-state index in [4.69, 9.17) is 0 Å². The SMILES string of the molecule is C=C1CCCC[C@@H]1[C@@H](C)C=O. The molecule has 11 heavy (non-hydrogen) atoms. The van der Waals surface area contributed by atoms with Gasteiger partial charge in [0.15, 0.2) is 0 Å². The summed E-state index contributed by atoms with van der Waals surface area (Å²) in [5, 5.41) is 0. The molecule has 0 spiro atoms. The Hall–Kier alpha value is -0.590. The summed E-state index contributed by atoms with van der Waals surface area (Å²) in [6.07, 6.45) is 5.88. The first kappa shape index (κ1) is 8.51. The molecule has 1 heteroatoms. The third-order valence-corrected chi connectivity index (χ3v) is 2.64. The zero-order valence-corrected chi connectivity index (χ0v) is 7.18. The fourth-order valence-electron chi connectivity index (χ4n) is 1.84. The standard InChI is InChI=1S/C10H16O/c1-8-5-3-4-6-10(8)9(2)7-11/h7,9-10H,1,3-6H2,2H3/t9-,10-/m0/s1. The van der Waals surface area contributed by atoms with E-state index in [0.717, 1.165) is 12.7 Å². The molecule has 2 atom stereocenters. The molecule has 0 bridgehead atoms. The molecule has 0 aromatic rings. The highest BCUT2D eigenvalue weighted by molar-refractivity contribution is 5.54. The molecule has 0 unspecified atom stereocenters. The van der Waals surface area contributed by atoms with Gasteiger partial charge in [-0.1, -0.05) is 25.5 Å². The highest BCUT2D eigenvalue weighted by Crippen LogP contribution is 2.32. The van der Waals surface area contributed by atoms with E-state index >= 15 is 0 Å². The van der Waals surface area contributed by atoms with Gasteiger partial charge in [-0.3, -0.25) is 0 Å². The highest BCUT2D eigenvalue weighted by Gasteiger charge is 2.22.